The summed E-state index contributed by atoms with van der Waals surface area (Å²) in [5, 5.41) is 3.72. The predicted molar refractivity (Wildman–Crippen MR) is 94.2 cm³/mol. The lowest BCUT2D eigenvalue weighted by Gasteiger charge is -2.09. The molecule has 0 saturated heterocycles. The molecule has 0 unspecified atom stereocenters. The third kappa shape index (κ3) is 3.97. The van der Waals surface area contributed by atoms with E-state index in [4.69, 9.17) is 14.0 Å². The summed E-state index contributed by atoms with van der Waals surface area (Å²) >= 11 is 0. The molecule has 0 aliphatic carbocycles. The number of esters is 1. The van der Waals surface area contributed by atoms with Crippen LogP contribution in [0.25, 0.3) is 11.3 Å². The van der Waals surface area contributed by atoms with Crippen molar-refractivity contribution in [2.24, 2.45) is 0 Å². The molecule has 0 amide bonds. The van der Waals surface area contributed by atoms with Crippen molar-refractivity contribution in [3.63, 3.8) is 0 Å². The quantitative estimate of drug-likeness (QED) is 0.476. The van der Waals surface area contributed by atoms with E-state index in [0.29, 0.717) is 22.6 Å². The summed E-state index contributed by atoms with van der Waals surface area (Å²) < 4.78 is 15.8. The van der Waals surface area contributed by atoms with E-state index in [1.807, 2.05) is 6.07 Å². The summed E-state index contributed by atoms with van der Waals surface area (Å²) in [5.74, 6) is 0.129. The van der Waals surface area contributed by atoms with Crippen molar-refractivity contribution in [1.29, 1.82) is 0 Å². The molecule has 3 aromatic rings. The van der Waals surface area contributed by atoms with Crippen molar-refractivity contribution in [1.82, 2.24) is 5.16 Å². The molecule has 0 N–H and O–H groups in total. The van der Waals surface area contributed by atoms with Crippen molar-refractivity contribution in [3.8, 4) is 17.1 Å². The summed E-state index contributed by atoms with van der Waals surface area (Å²) in [5.41, 5.74) is 1.25. The second kappa shape index (κ2) is 8.11. The number of benzene rings is 2. The Morgan fingerprint density at radius 3 is 2.54 bits per heavy atom. The zero-order valence-corrected chi connectivity index (χ0v) is 14.2. The number of carbonyl (C=O) groups is 2. The van der Waals surface area contributed by atoms with Crippen LogP contribution in [-0.4, -0.2) is 30.1 Å². The standard InChI is InChI=1S/C20H17NO5/c1-2-24-20(23)16-12-19(26-21-16)15-10-6-7-11-18(15)25-13-17(22)14-8-4-3-5-9-14/h3-12H,2,13H2,1H3. The average molecular weight is 351 g/mol. The first-order valence-electron chi connectivity index (χ1n) is 8.13. The fourth-order valence-electron chi connectivity index (χ4n) is 2.35. The molecule has 6 nitrogen and oxygen atoms in total. The highest BCUT2D eigenvalue weighted by Gasteiger charge is 2.17. The Bertz CT molecular complexity index is 901. The molecule has 1 aromatic heterocycles. The molecule has 3 rings (SSSR count). The van der Waals surface area contributed by atoms with Gasteiger partial charge in [0.25, 0.3) is 0 Å². The van der Waals surface area contributed by atoms with Gasteiger partial charge in [-0.05, 0) is 19.1 Å². The van der Waals surface area contributed by atoms with E-state index < -0.39 is 5.97 Å². The van der Waals surface area contributed by atoms with Crippen LogP contribution in [0.1, 0.15) is 27.8 Å². The van der Waals surface area contributed by atoms with Crippen LogP contribution in [0.2, 0.25) is 0 Å². The number of carbonyl (C=O) groups excluding carboxylic acids is 2. The van der Waals surface area contributed by atoms with Crippen LogP contribution in [0.5, 0.6) is 5.75 Å². The highest BCUT2D eigenvalue weighted by molar-refractivity contribution is 5.97. The van der Waals surface area contributed by atoms with Gasteiger partial charge in [0.2, 0.25) is 0 Å². The summed E-state index contributed by atoms with van der Waals surface area (Å²) in [4.78, 5) is 23.9. The van der Waals surface area contributed by atoms with E-state index in [-0.39, 0.29) is 24.7 Å². The Kier molecular flexibility index (Phi) is 5.43. The van der Waals surface area contributed by atoms with Crippen LogP contribution >= 0.6 is 0 Å². The van der Waals surface area contributed by atoms with Gasteiger partial charge in [0.15, 0.2) is 23.8 Å². The molecule has 6 heteroatoms. The van der Waals surface area contributed by atoms with Gasteiger partial charge < -0.3 is 14.0 Å². The summed E-state index contributed by atoms with van der Waals surface area (Å²) in [7, 11) is 0. The highest BCUT2D eigenvalue weighted by Crippen LogP contribution is 2.30. The lowest BCUT2D eigenvalue weighted by Crippen LogP contribution is -2.11. The van der Waals surface area contributed by atoms with Crippen LogP contribution in [0.4, 0.5) is 0 Å². The van der Waals surface area contributed by atoms with E-state index in [0.717, 1.165) is 0 Å². The number of rotatable bonds is 7. The Morgan fingerprint density at radius 2 is 1.77 bits per heavy atom. The first-order chi connectivity index (χ1) is 12.7. The normalized spacial score (nSPS) is 10.3. The average Bonchev–Trinajstić information content (AvgIpc) is 3.17. The SMILES string of the molecule is CCOC(=O)c1cc(-c2ccccc2OCC(=O)c2ccccc2)on1. The van der Waals surface area contributed by atoms with Crippen molar-refractivity contribution in [2.75, 3.05) is 13.2 Å². The van der Waals surface area contributed by atoms with Crippen molar-refractivity contribution < 1.29 is 23.6 Å². The smallest absolute Gasteiger partial charge is 0.360 e. The van der Waals surface area contributed by atoms with Gasteiger partial charge in [-0.25, -0.2) is 4.79 Å². The summed E-state index contributed by atoms with van der Waals surface area (Å²) in [6.45, 7) is 1.86. The maximum Gasteiger partial charge on any atom is 0.360 e. The van der Waals surface area contributed by atoms with Crippen molar-refractivity contribution >= 4 is 11.8 Å². The molecule has 0 spiro atoms. The number of nitrogens with zero attached hydrogens (tertiary/aromatic N) is 1. The van der Waals surface area contributed by atoms with E-state index >= 15 is 0 Å². The van der Waals surface area contributed by atoms with Gasteiger partial charge in [-0.3, -0.25) is 4.79 Å². The molecular weight excluding hydrogens is 334 g/mol. The molecule has 0 aliphatic rings. The molecule has 26 heavy (non-hydrogen) atoms. The number of hydrogen-bond acceptors (Lipinski definition) is 6. The molecule has 0 saturated carbocycles. The topological polar surface area (TPSA) is 78.6 Å². The zero-order valence-electron chi connectivity index (χ0n) is 14.2. The van der Waals surface area contributed by atoms with Gasteiger partial charge in [-0.15, -0.1) is 0 Å². The Morgan fingerprint density at radius 1 is 1.04 bits per heavy atom. The van der Waals surface area contributed by atoms with Crippen LogP contribution in [-0.2, 0) is 4.74 Å². The lowest BCUT2D eigenvalue weighted by molar-refractivity contribution is 0.0514. The molecule has 132 valence electrons. The van der Waals surface area contributed by atoms with Gasteiger partial charge in [0.05, 0.1) is 12.2 Å². The van der Waals surface area contributed by atoms with Gasteiger partial charge in [-0.1, -0.05) is 47.6 Å². The number of hydrogen-bond donors (Lipinski definition) is 0. The number of aromatic nitrogens is 1. The second-order valence-corrected chi connectivity index (χ2v) is 5.37. The van der Waals surface area contributed by atoms with Crippen LogP contribution in [0, 0.1) is 0 Å². The Hall–Kier alpha value is -3.41. The monoisotopic (exact) mass is 351 g/mol. The Balaban J connectivity index is 1.76. The van der Waals surface area contributed by atoms with Gasteiger partial charge >= 0.3 is 5.97 Å². The van der Waals surface area contributed by atoms with E-state index in [2.05, 4.69) is 5.16 Å². The van der Waals surface area contributed by atoms with Crippen molar-refractivity contribution in [3.05, 3.63) is 71.9 Å². The molecular formula is C20H17NO5. The van der Waals surface area contributed by atoms with E-state index in [1.54, 1.807) is 55.5 Å². The van der Waals surface area contributed by atoms with Crippen LogP contribution < -0.4 is 4.74 Å². The molecule has 0 atom stereocenters. The fourth-order valence-corrected chi connectivity index (χ4v) is 2.35. The lowest BCUT2D eigenvalue weighted by atomic mass is 10.1. The zero-order chi connectivity index (χ0) is 18.4. The molecule has 0 fully saturated rings. The maximum absolute atomic E-state index is 12.2. The largest absolute Gasteiger partial charge is 0.485 e. The number of Topliss-reactive ketones (excluding diaryl/α,β-unsaturated/α-hetero) is 1. The summed E-state index contributed by atoms with van der Waals surface area (Å²) in [6.07, 6.45) is 0. The van der Waals surface area contributed by atoms with E-state index in [1.165, 1.54) is 6.07 Å². The predicted octanol–water partition coefficient (Wildman–Crippen LogP) is 3.78. The highest BCUT2D eigenvalue weighted by atomic mass is 16.5. The third-order valence-electron chi connectivity index (χ3n) is 3.60. The summed E-state index contributed by atoms with van der Waals surface area (Å²) in [6, 6.07) is 17.5. The molecule has 0 bridgehead atoms. The minimum Gasteiger partial charge on any atom is -0.485 e. The van der Waals surface area contributed by atoms with Gasteiger partial charge in [0, 0.05) is 11.6 Å². The van der Waals surface area contributed by atoms with Crippen LogP contribution in [0.15, 0.2) is 65.2 Å². The third-order valence-corrected chi connectivity index (χ3v) is 3.60. The number of ether oxygens (including phenoxy) is 2. The minimum absolute atomic E-state index is 0.0806. The van der Waals surface area contributed by atoms with Gasteiger partial charge in [0.1, 0.15) is 5.75 Å². The van der Waals surface area contributed by atoms with Gasteiger partial charge in [-0.2, -0.15) is 0 Å². The van der Waals surface area contributed by atoms with E-state index in [9.17, 15) is 9.59 Å². The van der Waals surface area contributed by atoms with Crippen molar-refractivity contribution in [2.45, 2.75) is 6.92 Å². The molecule has 0 aliphatic heterocycles. The molecule has 1 heterocycles. The Labute approximate surface area is 150 Å². The molecule has 0 radical (unpaired) electrons. The maximum atomic E-state index is 12.2. The number of para-hydroxylation sites is 1. The second-order valence-electron chi connectivity index (χ2n) is 5.37. The fraction of sp³-hybridized carbons (Fsp3) is 0.150. The first-order valence-corrected chi connectivity index (χ1v) is 8.13. The minimum atomic E-state index is -0.555. The first kappa shape index (κ1) is 17.4. The number of ketones is 1. The molecule has 2 aromatic carbocycles. The van der Waals surface area contributed by atoms with Crippen LogP contribution in [0.3, 0.4) is 0 Å².